The van der Waals surface area contributed by atoms with Crippen LogP contribution in [0.2, 0.25) is 0 Å². The third-order valence-electron chi connectivity index (χ3n) is 12.3. The van der Waals surface area contributed by atoms with E-state index in [-0.39, 0.29) is 5.41 Å². The number of anilines is 3. The zero-order valence-electron chi connectivity index (χ0n) is 31.0. The molecule has 3 heteroatoms. The molecule has 0 atom stereocenters. The smallest absolute Gasteiger partial charge is 0.159 e. The first kappa shape index (κ1) is 31.3. The maximum Gasteiger partial charge on any atom is 0.159 e. The lowest BCUT2D eigenvalue weighted by molar-refractivity contribution is 0.660. The Bertz CT molecular complexity index is 3400. The molecule has 0 radical (unpaired) electrons. The summed E-state index contributed by atoms with van der Waals surface area (Å²) in [4.78, 5) is 2.34. The maximum absolute atomic E-state index is 6.95. The van der Waals surface area contributed by atoms with Crippen molar-refractivity contribution >= 4 is 82.5 Å². The second-order valence-electron chi connectivity index (χ2n) is 15.6. The van der Waals surface area contributed by atoms with Crippen molar-refractivity contribution < 1.29 is 8.83 Å². The van der Waals surface area contributed by atoms with Crippen LogP contribution < -0.4 is 4.90 Å². The van der Waals surface area contributed by atoms with Crippen molar-refractivity contribution in [3.8, 4) is 22.3 Å². The molecule has 0 saturated heterocycles. The Balaban J connectivity index is 1.07. The first-order chi connectivity index (χ1) is 27.5. The van der Waals surface area contributed by atoms with Gasteiger partial charge in [0.05, 0.1) is 5.69 Å². The molecule has 0 N–H and O–H groups in total. The molecule has 3 nitrogen and oxygen atoms in total. The number of furan rings is 2. The summed E-state index contributed by atoms with van der Waals surface area (Å²) in [5, 5.41) is 8.94. The Labute approximate surface area is 323 Å². The third-order valence-corrected chi connectivity index (χ3v) is 12.3. The summed E-state index contributed by atoms with van der Waals surface area (Å²) in [6.45, 7) is 4.68. The van der Waals surface area contributed by atoms with Crippen molar-refractivity contribution in [3.05, 3.63) is 187 Å². The molecule has 12 rings (SSSR count). The van der Waals surface area contributed by atoms with E-state index in [1.165, 1.54) is 38.8 Å². The van der Waals surface area contributed by atoms with Gasteiger partial charge in [-0.15, -0.1) is 0 Å². The van der Waals surface area contributed by atoms with Gasteiger partial charge in [0.2, 0.25) is 0 Å². The highest BCUT2D eigenvalue weighted by molar-refractivity contribution is 6.18. The van der Waals surface area contributed by atoms with Gasteiger partial charge >= 0.3 is 0 Å². The molecule has 264 valence electrons. The van der Waals surface area contributed by atoms with Gasteiger partial charge in [0.1, 0.15) is 16.7 Å². The molecule has 0 fully saturated rings. The molecule has 2 heterocycles. The lowest BCUT2D eigenvalue weighted by atomic mass is 9.82. The number of rotatable bonds is 4. The second-order valence-corrected chi connectivity index (χ2v) is 15.6. The van der Waals surface area contributed by atoms with E-state index in [1.54, 1.807) is 0 Å². The summed E-state index contributed by atoms with van der Waals surface area (Å²) in [7, 11) is 0. The van der Waals surface area contributed by atoms with Crippen LogP contribution in [0, 0.1) is 0 Å². The topological polar surface area (TPSA) is 29.5 Å². The number of fused-ring (bicyclic) bond motifs is 13. The summed E-state index contributed by atoms with van der Waals surface area (Å²) >= 11 is 0. The zero-order valence-corrected chi connectivity index (χ0v) is 31.0. The van der Waals surface area contributed by atoms with Crippen molar-refractivity contribution in [1.29, 1.82) is 0 Å². The summed E-state index contributed by atoms with van der Waals surface area (Å²) < 4.78 is 13.5. The van der Waals surface area contributed by atoms with Gasteiger partial charge in [-0.2, -0.15) is 0 Å². The van der Waals surface area contributed by atoms with E-state index in [0.717, 1.165) is 77.1 Å². The SMILES string of the molecule is CC1(C)c2ccccc2-c2c(-c3ccc(N(c4ccc5oc6c7ccccc7ccc6c5c4)c4cccc5c4oc4c6ccccc6ccc54)cc3)cccc21. The molecule has 0 aliphatic heterocycles. The first-order valence-corrected chi connectivity index (χ1v) is 19.3. The van der Waals surface area contributed by atoms with Gasteiger partial charge in [0.25, 0.3) is 0 Å². The fourth-order valence-corrected chi connectivity index (χ4v) is 9.53. The number of para-hydroxylation sites is 1. The van der Waals surface area contributed by atoms with Crippen LogP contribution in [0.15, 0.2) is 185 Å². The van der Waals surface area contributed by atoms with Crippen LogP contribution in [0.3, 0.4) is 0 Å². The highest BCUT2D eigenvalue weighted by atomic mass is 16.3. The number of hydrogen-bond acceptors (Lipinski definition) is 3. The van der Waals surface area contributed by atoms with Crippen molar-refractivity contribution in [2.45, 2.75) is 19.3 Å². The number of nitrogens with zero attached hydrogens (tertiary/aromatic N) is 1. The maximum atomic E-state index is 6.95. The highest BCUT2D eigenvalue weighted by Crippen LogP contribution is 2.52. The van der Waals surface area contributed by atoms with Gasteiger partial charge in [0, 0.05) is 49.1 Å². The minimum absolute atomic E-state index is 0.0581. The molecule has 0 bridgehead atoms. The lowest BCUT2D eigenvalue weighted by Gasteiger charge is -2.26. The van der Waals surface area contributed by atoms with E-state index < -0.39 is 0 Å². The van der Waals surface area contributed by atoms with Crippen molar-refractivity contribution in [2.24, 2.45) is 0 Å². The van der Waals surface area contributed by atoms with Gasteiger partial charge in [-0.25, -0.2) is 0 Å². The molecule has 1 aliphatic carbocycles. The first-order valence-electron chi connectivity index (χ1n) is 19.3. The largest absolute Gasteiger partial charge is 0.455 e. The molecule has 0 unspecified atom stereocenters. The van der Waals surface area contributed by atoms with E-state index >= 15 is 0 Å². The molecular formula is C53H35NO2. The minimum atomic E-state index is -0.0581. The molecule has 9 aromatic carbocycles. The standard InChI is InChI=1S/C53H35NO2/c1-53(2)45-18-8-7-15-43(45)49-37(16-9-19-46(49)53)34-21-25-35(26-22-34)54(36-27-30-48-44(31-36)42-29-24-32-11-3-5-13-38(32)50(42)55-48)47-20-10-17-40-41-28-23-33-12-4-6-14-39(33)51(41)56-52(40)47/h3-31H,1-2H3. The van der Waals surface area contributed by atoms with E-state index in [1.807, 2.05) is 0 Å². The Morgan fingerprint density at radius 2 is 1.00 bits per heavy atom. The van der Waals surface area contributed by atoms with Crippen LogP contribution in [-0.4, -0.2) is 0 Å². The molecule has 0 amide bonds. The van der Waals surface area contributed by atoms with Crippen LogP contribution in [-0.2, 0) is 5.41 Å². The minimum Gasteiger partial charge on any atom is -0.455 e. The van der Waals surface area contributed by atoms with Crippen molar-refractivity contribution in [2.75, 3.05) is 4.90 Å². The fraction of sp³-hybridized carbons (Fsp3) is 0.0566. The van der Waals surface area contributed by atoms with Crippen molar-refractivity contribution in [1.82, 2.24) is 0 Å². The van der Waals surface area contributed by atoms with Crippen LogP contribution in [0.25, 0.3) is 87.7 Å². The zero-order chi connectivity index (χ0) is 37.1. The normalized spacial score (nSPS) is 13.3. The highest BCUT2D eigenvalue weighted by Gasteiger charge is 2.36. The quantitative estimate of drug-likeness (QED) is 0.182. The average molecular weight is 718 g/mol. The van der Waals surface area contributed by atoms with E-state index in [2.05, 4.69) is 195 Å². The van der Waals surface area contributed by atoms with E-state index in [0.29, 0.717) is 0 Å². The van der Waals surface area contributed by atoms with Gasteiger partial charge in [-0.1, -0.05) is 141 Å². The van der Waals surface area contributed by atoms with Gasteiger partial charge in [0.15, 0.2) is 5.58 Å². The number of hydrogen-bond donors (Lipinski definition) is 0. The monoisotopic (exact) mass is 717 g/mol. The van der Waals surface area contributed by atoms with Crippen LogP contribution in [0.4, 0.5) is 17.1 Å². The van der Waals surface area contributed by atoms with Gasteiger partial charge in [-0.3, -0.25) is 0 Å². The molecular weight excluding hydrogens is 683 g/mol. The Kier molecular flexibility index (Phi) is 6.40. The van der Waals surface area contributed by atoms with E-state index in [9.17, 15) is 0 Å². The number of benzene rings is 9. The molecule has 2 aromatic heterocycles. The van der Waals surface area contributed by atoms with E-state index in [4.69, 9.17) is 8.83 Å². The van der Waals surface area contributed by atoms with Crippen LogP contribution >= 0.6 is 0 Å². The van der Waals surface area contributed by atoms with Gasteiger partial charge < -0.3 is 13.7 Å². The molecule has 56 heavy (non-hydrogen) atoms. The summed E-state index contributed by atoms with van der Waals surface area (Å²) in [6, 6.07) is 63.4. The predicted octanol–water partition coefficient (Wildman–Crippen LogP) is 15.2. The van der Waals surface area contributed by atoms with Gasteiger partial charge in [-0.05, 0) is 92.7 Å². The lowest BCUT2D eigenvalue weighted by Crippen LogP contribution is -2.14. The Morgan fingerprint density at radius 3 is 1.79 bits per heavy atom. The molecule has 1 aliphatic rings. The third kappa shape index (κ3) is 4.34. The molecule has 0 saturated carbocycles. The second kappa shape index (κ2) is 11.5. The summed E-state index contributed by atoms with van der Waals surface area (Å²) in [6.07, 6.45) is 0. The van der Waals surface area contributed by atoms with Crippen LogP contribution in [0.5, 0.6) is 0 Å². The summed E-state index contributed by atoms with van der Waals surface area (Å²) in [5.41, 5.74) is 14.4. The molecule has 0 spiro atoms. The van der Waals surface area contributed by atoms with Crippen LogP contribution in [0.1, 0.15) is 25.0 Å². The fourth-order valence-electron chi connectivity index (χ4n) is 9.53. The average Bonchev–Trinajstić information content (AvgIpc) is 3.90. The van der Waals surface area contributed by atoms with Crippen molar-refractivity contribution in [3.63, 3.8) is 0 Å². The molecule has 11 aromatic rings. The summed E-state index contributed by atoms with van der Waals surface area (Å²) in [5.74, 6) is 0. The Morgan fingerprint density at radius 1 is 0.411 bits per heavy atom. The predicted molar refractivity (Wildman–Crippen MR) is 234 cm³/mol. The Hall–Kier alpha value is -7.10.